The van der Waals surface area contributed by atoms with Crippen molar-refractivity contribution in [3.63, 3.8) is 0 Å². The molecule has 0 bridgehead atoms. The molecule has 26 heavy (non-hydrogen) atoms. The number of hydrogen-bond donors (Lipinski definition) is 2. The number of aromatic nitrogens is 4. The predicted octanol–water partition coefficient (Wildman–Crippen LogP) is 2.50. The van der Waals surface area contributed by atoms with Crippen LogP contribution in [-0.4, -0.2) is 38.5 Å². The monoisotopic (exact) mass is 370 g/mol. The average Bonchev–Trinajstić information content (AvgIpc) is 3.25. The minimum Gasteiger partial charge on any atom is -0.368 e. The first-order valence-electron chi connectivity index (χ1n) is 8.49. The predicted molar refractivity (Wildman–Crippen MR) is 103 cm³/mol. The molecule has 3 heterocycles. The molecule has 0 saturated heterocycles. The molecule has 0 fully saturated rings. The van der Waals surface area contributed by atoms with E-state index >= 15 is 0 Å². The number of carbonyl (C=O) groups excluding carboxylic acids is 1. The summed E-state index contributed by atoms with van der Waals surface area (Å²) in [7, 11) is 0. The van der Waals surface area contributed by atoms with Crippen molar-refractivity contribution in [2.24, 2.45) is 0 Å². The number of imidazole rings is 1. The van der Waals surface area contributed by atoms with E-state index in [1.54, 1.807) is 17.5 Å². The average molecular weight is 370 g/mol. The molecule has 7 nitrogen and oxygen atoms in total. The number of carbonyl (C=O) groups is 1. The molecule has 0 aliphatic carbocycles. The zero-order chi connectivity index (χ0) is 18.4. The zero-order valence-corrected chi connectivity index (χ0v) is 15.7. The molecule has 0 aromatic carbocycles. The third-order valence-corrected chi connectivity index (χ3v) is 5.11. The summed E-state index contributed by atoms with van der Waals surface area (Å²) in [4.78, 5) is 25.9. The first-order chi connectivity index (χ1) is 12.6. The van der Waals surface area contributed by atoms with Crippen LogP contribution in [0.5, 0.6) is 0 Å². The van der Waals surface area contributed by atoms with Crippen LogP contribution in [0.3, 0.4) is 0 Å². The maximum atomic E-state index is 11.9. The van der Waals surface area contributed by atoms with E-state index in [1.165, 1.54) is 16.8 Å². The molecule has 3 rings (SSSR count). The number of thiophene rings is 1. The molecule has 136 valence electrons. The van der Waals surface area contributed by atoms with Gasteiger partial charge in [-0.3, -0.25) is 9.36 Å². The first kappa shape index (κ1) is 18.1. The Hall–Kier alpha value is -2.74. The van der Waals surface area contributed by atoms with E-state index in [1.807, 2.05) is 23.8 Å². The van der Waals surface area contributed by atoms with Crippen molar-refractivity contribution in [2.75, 3.05) is 18.4 Å². The van der Waals surface area contributed by atoms with Crippen molar-refractivity contribution in [3.8, 4) is 5.82 Å². The molecule has 0 radical (unpaired) electrons. The van der Waals surface area contributed by atoms with Crippen LogP contribution in [0.15, 0.2) is 36.2 Å². The Kier molecular flexibility index (Phi) is 5.96. The fourth-order valence-corrected chi connectivity index (χ4v) is 3.47. The van der Waals surface area contributed by atoms with Crippen molar-refractivity contribution in [3.05, 3.63) is 52.5 Å². The van der Waals surface area contributed by atoms with E-state index in [9.17, 15) is 4.79 Å². The quantitative estimate of drug-likeness (QED) is 0.595. The van der Waals surface area contributed by atoms with Crippen LogP contribution in [0, 0.1) is 13.8 Å². The maximum absolute atomic E-state index is 11.9. The maximum Gasteiger partial charge on any atom is 0.220 e. The number of nitrogens with one attached hydrogen (secondary N) is 2. The molecule has 8 heteroatoms. The molecule has 0 saturated carbocycles. The highest BCUT2D eigenvalue weighted by atomic mass is 32.1. The molecule has 0 aliphatic heterocycles. The van der Waals surface area contributed by atoms with Crippen LogP contribution in [0.1, 0.15) is 22.7 Å². The molecule has 0 spiro atoms. The van der Waals surface area contributed by atoms with Crippen LogP contribution in [0.4, 0.5) is 5.82 Å². The van der Waals surface area contributed by atoms with Gasteiger partial charge < -0.3 is 10.6 Å². The van der Waals surface area contributed by atoms with Crippen LogP contribution < -0.4 is 10.6 Å². The van der Waals surface area contributed by atoms with E-state index in [0.717, 1.165) is 18.1 Å². The van der Waals surface area contributed by atoms with Crippen molar-refractivity contribution in [1.29, 1.82) is 0 Å². The van der Waals surface area contributed by atoms with E-state index in [4.69, 9.17) is 0 Å². The van der Waals surface area contributed by atoms with Gasteiger partial charge in [0.25, 0.3) is 0 Å². The highest BCUT2D eigenvalue weighted by molar-refractivity contribution is 7.10. The van der Waals surface area contributed by atoms with Crippen LogP contribution in [0.25, 0.3) is 5.82 Å². The van der Waals surface area contributed by atoms with Crippen molar-refractivity contribution in [1.82, 2.24) is 24.8 Å². The van der Waals surface area contributed by atoms with Crippen molar-refractivity contribution < 1.29 is 4.79 Å². The summed E-state index contributed by atoms with van der Waals surface area (Å²) in [5, 5.41) is 8.20. The SMILES string of the molecule is Cc1ccsc1CCC(=O)NCCNc1cc(-n2ccnc2C)ncn1. The normalized spacial score (nSPS) is 10.7. The van der Waals surface area contributed by atoms with Crippen LogP contribution >= 0.6 is 11.3 Å². The number of aryl methyl sites for hydroxylation is 3. The summed E-state index contributed by atoms with van der Waals surface area (Å²) in [6, 6.07) is 3.94. The molecular formula is C18H22N6OS. The van der Waals surface area contributed by atoms with Gasteiger partial charge in [-0.25, -0.2) is 15.0 Å². The molecule has 3 aromatic heterocycles. The van der Waals surface area contributed by atoms with Crippen LogP contribution in [0.2, 0.25) is 0 Å². The fraction of sp³-hybridized carbons (Fsp3) is 0.333. The smallest absolute Gasteiger partial charge is 0.220 e. The highest BCUT2D eigenvalue weighted by Crippen LogP contribution is 2.17. The standard InChI is InChI=1S/C18H22N6OS/c1-13-5-10-26-15(13)3-4-18(25)21-7-6-20-16-11-17(23-12-22-16)24-9-8-19-14(24)2/h5,8-12H,3-4,6-7H2,1-2H3,(H,21,25)(H,20,22,23). The van der Waals surface area contributed by atoms with Gasteiger partial charge in [0.15, 0.2) is 0 Å². The van der Waals surface area contributed by atoms with Crippen molar-refractivity contribution >= 4 is 23.1 Å². The lowest BCUT2D eigenvalue weighted by Gasteiger charge is -2.09. The van der Waals surface area contributed by atoms with E-state index in [0.29, 0.717) is 25.3 Å². The number of hydrogen-bond acceptors (Lipinski definition) is 6. The lowest BCUT2D eigenvalue weighted by Crippen LogP contribution is -2.29. The third kappa shape index (κ3) is 4.66. The summed E-state index contributed by atoms with van der Waals surface area (Å²) < 4.78 is 1.89. The van der Waals surface area contributed by atoms with E-state index in [2.05, 4.69) is 44.0 Å². The Morgan fingerprint density at radius 2 is 2.12 bits per heavy atom. The second-order valence-electron chi connectivity index (χ2n) is 5.91. The second kappa shape index (κ2) is 8.57. The summed E-state index contributed by atoms with van der Waals surface area (Å²) in [6.07, 6.45) is 6.41. The topological polar surface area (TPSA) is 84.7 Å². The van der Waals surface area contributed by atoms with Gasteiger partial charge in [-0.1, -0.05) is 0 Å². The minimum absolute atomic E-state index is 0.0667. The lowest BCUT2D eigenvalue weighted by molar-refractivity contribution is -0.120. The lowest BCUT2D eigenvalue weighted by atomic mass is 10.2. The second-order valence-corrected chi connectivity index (χ2v) is 6.91. The van der Waals surface area contributed by atoms with E-state index in [-0.39, 0.29) is 5.91 Å². The van der Waals surface area contributed by atoms with Gasteiger partial charge in [0, 0.05) is 42.8 Å². The molecule has 3 aromatic rings. The zero-order valence-electron chi connectivity index (χ0n) is 14.9. The Morgan fingerprint density at radius 1 is 1.23 bits per heavy atom. The summed E-state index contributed by atoms with van der Waals surface area (Å²) >= 11 is 1.71. The first-order valence-corrected chi connectivity index (χ1v) is 9.37. The Balaban J connectivity index is 1.42. The Morgan fingerprint density at radius 3 is 2.85 bits per heavy atom. The summed E-state index contributed by atoms with van der Waals surface area (Å²) in [6.45, 7) is 5.15. The third-order valence-electron chi connectivity index (χ3n) is 4.03. The molecule has 1 amide bonds. The molecule has 0 atom stereocenters. The minimum atomic E-state index is 0.0667. The van der Waals surface area contributed by atoms with Gasteiger partial charge in [-0.2, -0.15) is 0 Å². The number of amides is 1. The summed E-state index contributed by atoms with van der Waals surface area (Å²) in [5.74, 6) is 2.40. The van der Waals surface area contributed by atoms with Crippen LogP contribution in [-0.2, 0) is 11.2 Å². The van der Waals surface area contributed by atoms with Crippen molar-refractivity contribution in [2.45, 2.75) is 26.7 Å². The Bertz CT molecular complexity index is 872. The number of anilines is 1. The largest absolute Gasteiger partial charge is 0.368 e. The molecular weight excluding hydrogens is 348 g/mol. The summed E-state index contributed by atoms with van der Waals surface area (Å²) in [5.41, 5.74) is 1.26. The van der Waals surface area contributed by atoms with Gasteiger partial charge in [-0.15, -0.1) is 11.3 Å². The molecule has 0 aliphatic rings. The van der Waals surface area contributed by atoms with Gasteiger partial charge >= 0.3 is 0 Å². The molecule has 2 N–H and O–H groups in total. The van der Waals surface area contributed by atoms with E-state index < -0.39 is 0 Å². The van der Waals surface area contributed by atoms with Gasteiger partial charge in [-0.05, 0) is 37.3 Å². The number of nitrogens with zero attached hydrogens (tertiary/aromatic N) is 4. The van der Waals surface area contributed by atoms with Gasteiger partial charge in [0.2, 0.25) is 5.91 Å². The highest BCUT2D eigenvalue weighted by Gasteiger charge is 2.06. The number of rotatable bonds is 8. The fourth-order valence-electron chi connectivity index (χ4n) is 2.56. The van der Waals surface area contributed by atoms with Gasteiger partial charge in [0.1, 0.15) is 23.8 Å². The van der Waals surface area contributed by atoms with Gasteiger partial charge in [0.05, 0.1) is 0 Å². The molecule has 0 unspecified atom stereocenters. The Labute approximate surface area is 156 Å².